The van der Waals surface area contributed by atoms with Gasteiger partial charge in [-0.15, -0.1) is 11.8 Å². The SMILES string of the molecule is COc1ccc(C(NC(=O)CSCc2cccc(C)c2)C(=O)O)cc1. The van der Waals surface area contributed by atoms with Gasteiger partial charge >= 0.3 is 5.97 Å². The van der Waals surface area contributed by atoms with Crippen molar-refractivity contribution >= 4 is 23.6 Å². The summed E-state index contributed by atoms with van der Waals surface area (Å²) in [5, 5.41) is 12.0. The second-order valence-corrected chi connectivity index (χ2v) is 6.58. The van der Waals surface area contributed by atoms with Gasteiger partial charge in [-0.3, -0.25) is 4.79 Å². The minimum atomic E-state index is -1.10. The molecule has 0 aliphatic rings. The summed E-state index contributed by atoms with van der Waals surface area (Å²) >= 11 is 1.45. The molecule has 5 nitrogen and oxygen atoms in total. The summed E-state index contributed by atoms with van der Waals surface area (Å²) in [5.41, 5.74) is 2.82. The molecule has 25 heavy (non-hydrogen) atoms. The number of thioether (sulfide) groups is 1. The van der Waals surface area contributed by atoms with Crippen molar-refractivity contribution in [3.63, 3.8) is 0 Å². The zero-order chi connectivity index (χ0) is 18.2. The molecule has 0 saturated carbocycles. The lowest BCUT2D eigenvalue weighted by Crippen LogP contribution is -2.34. The fraction of sp³-hybridized carbons (Fsp3) is 0.263. The number of methoxy groups -OCH3 is 1. The van der Waals surface area contributed by atoms with E-state index in [2.05, 4.69) is 11.4 Å². The molecule has 1 amide bonds. The Balaban J connectivity index is 1.90. The molecule has 2 aromatic carbocycles. The summed E-state index contributed by atoms with van der Waals surface area (Å²) in [7, 11) is 1.54. The van der Waals surface area contributed by atoms with E-state index in [1.807, 2.05) is 25.1 Å². The summed E-state index contributed by atoms with van der Waals surface area (Å²) in [6.45, 7) is 2.02. The van der Waals surface area contributed by atoms with Crippen LogP contribution in [0.15, 0.2) is 48.5 Å². The Bertz CT molecular complexity index is 730. The van der Waals surface area contributed by atoms with E-state index in [4.69, 9.17) is 4.74 Å². The standard InChI is InChI=1S/C19H21NO4S/c1-13-4-3-5-14(10-13)11-25-12-17(21)20-18(19(22)23)15-6-8-16(24-2)9-7-15/h3-10,18H,11-12H2,1-2H3,(H,20,21)(H,22,23). The Kier molecular flexibility index (Phi) is 6.89. The maximum atomic E-state index is 12.1. The Hall–Kier alpha value is -2.47. The van der Waals surface area contributed by atoms with Crippen molar-refractivity contribution in [3.05, 3.63) is 65.2 Å². The highest BCUT2D eigenvalue weighted by Crippen LogP contribution is 2.19. The van der Waals surface area contributed by atoms with Crippen LogP contribution in [0.25, 0.3) is 0 Å². The average molecular weight is 359 g/mol. The van der Waals surface area contributed by atoms with E-state index in [9.17, 15) is 14.7 Å². The van der Waals surface area contributed by atoms with Crippen LogP contribution < -0.4 is 10.1 Å². The van der Waals surface area contributed by atoms with E-state index in [1.165, 1.54) is 24.4 Å². The molecule has 0 saturated heterocycles. The summed E-state index contributed by atoms with van der Waals surface area (Å²) in [6.07, 6.45) is 0. The fourth-order valence-electron chi connectivity index (χ4n) is 2.35. The molecule has 6 heteroatoms. The van der Waals surface area contributed by atoms with Crippen molar-refractivity contribution in [2.24, 2.45) is 0 Å². The molecule has 0 spiro atoms. The molecule has 0 bridgehead atoms. The van der Waals surface area contributed by atoms with Crippen LogP contribution in [0.4, 0.5) is 0 Å². The largest absolute Gasteiger partial charge is 0.497 e. The third-order valence-corrected chi connectivity index (χ3v) is 4.59. The lowest BCUT2D eigenvalue weighted by molar-refractivity contribution is -0.141. The zero-order valence-corrected chi connectivity index (χ0v) is 15.0. The topological polar surface area (TPSA) is 75.6 Å². The Labute approximate surface area is 151 Å². The van der Waals surface area contributed by atoms with Crippen molar-refractivity contribution in [2.75, 3.05) is 12.9 Å². The van der Waals surface area contributed by atoms with Crippen LogP contribution in [0.1, 0.15) is 22.7 Å². The molecule has 1 atom stereocenters. The van der Waals surface area contributed by atoms with Gasteiger partial charge in [-0.2, -0.15) is 0 Å². The predicted molar refractivity (Wildman–Crippen MR) is 98.9 cm³/mol. The van der Waals surface area contributed by atoms with Crippen LogP contribution in [0.3, 0.4) is 0 Å². The Morgan fingerprint density at radius 3 is 2.52 bits per heavy atom. The maximum absolute atomic E-state index is 12.1. The van der Waals surface area contributed by atoms with Crippen LogP contribution in [0, 0.1) is 6.92 Å². The number of aliphatic carboxylic acids is 1. The summed E-state index contributed by atoms with van der Waals surface area (Å²) < 4.78 is 5.06. The molecule has 0 fully saturated rings. The molecule has 2 rings (SSSR count). The first-order chi connectivity index (χ1) is 12.0. The Morgan fingerprint density at radius 2 is 1.92 bits per heavy atom. The Morgan fingerprint density at radius 1 is 1.20 bits per heavy atom. The van der Waals surface area contributed by atoms with Crippen LogP contribution >= 0.6 is 11.8 Å². The van der Waals surface area contributed by atoms with E-state index >= 15 is 0 Å². The molecule has 2 N–H and O–H groups in total. The quantitative estimate of drug-likeness (QED) is 0.757. The predicted octanol–water partition coefficient (Wildman–Crippen LogP) is 3.18. The lowest BCUT2D eigenvalue weighted by atomic mass is 10.1. The molecule has 132 valence electrons. The number of rotatable bonds is 8. The number of ether oxygens (including phenoxy) is 1. The van der Waals surface area contributed by atoms with E-state index in [1.54, 1.807) is 24.3 Å². The maximum Gasteiger partial charge on any atom is 0.330 e. The number of carbonyl (C=O) groups excluding carboxylic acids is 1. The summed E-state index contributed by atoms with van der Waals surface area (Å²) in [5.74, 6) is 0.138. The van der Waals surface area contributed by atoms with E-state index in [-0.39, 0.29) is 11.7 Å². The van der Waals surface area contributed by atoms with Crippen LogP contribution in [-0.2, 0) is 15.3 Å². The molecule has 0 heterocycles. The van der Waals surface area contributed by atoms with Gasteiger partial charge in [0.25, 0.3) is 0 Å². The smallest absolute Gasteiger partial charge is 0.330 e. The first-order valence-electron chi connectivity index (χ1n) is 7.79. The van der Waals surface area contributed by atoms with Gasteiger partial charge in [-0.1, -0.05) is 42.0 Å². The minimum Gasteiger partial charge on any atom is -0.497 e. The number of aryl methyl sites for hydroxylation is 1. The van der Waals surface area contributed by atoms with E-state index in [0.29, 0.717) is 17.1 Å². The number of hydrogen-bond acceptors (Lipinski definition) is 4. The highest BCUT2D eigenvalue weighted by molar-refractivity contribution is 7.99. The summed E-state index contributed by atoms with van der Waals surface area (Å²) in [6, 6.07) is 13.6. The molecule has 0 aliphatic heterocycles. The van der Waals surface area contributed by atoms with Crippen LogP contribution in [0.5, 0.6) is 5.75 Å². The average Bonchev–Trinajstić information content (AvgIpc) is 2.60. The normalized spacial score (nSPS) is 11.6. The monoisotopic (exact) mass is 359 g/mol. The number of hydrogen-bond donors (Lipinski definition) is 2. The first-order valence-corrected chi connectivity index (χ1v) is 8.94. The molecule has 2 aromatic rings. The number of benzene rings is 2. The van der Waals surface area contributed by atoms with E-state index < -0.39 is 12.0 Å². The second-order valence-electron chi connectivity index (χ2n) is 5.59. The molecule has 0 radical (unpaired) electrons. The molecular weight excluding hydrogens is 338 g/mol. The fourth-order valence-corrected chi connectivity index (χ4v) is 3.14. The number of carbonyl (C=O) groups is 2. The van der Waals surface area contributed by atoms with Crippen molar-refractivity contribution in [1.82, 2.24) is 5.32 Å². The van der Waals surface area contributed by atoms with Crippen molar-refractivity contribution in [3.8, 4) is 5.75 Å². The third kappa shape index (κ3) is 5.83. The lowest BCUT2D eigenvalue weighted by Gasteiger charge is -2.15. The highest BCUT2D eigenvalue weighted by atomic mass is 32.2. The zero-order valence-electron chi connectivity index (χ0n) is 14.2. The van der Waals surface area contributed by atoms with Gasteiger partial charge in [0.15, 0.2) is 6.04 Å². The second kappa shape index (κ2) is 9.13. The third-order valence-electron chi connectivity index (χ3n) is 3.59. The minimum absolute atomic E-state index is 0.202. The molecule has 0 aliphatic carbocycles. The van der Waals surface area contributed by atoms with Gasteiger partial charge in [-0.05, 0) is 30.2 Å². The van der Waals surface area contributed by atoms with Crippen LogP contribution in [-0.4, -0.2) is 29.8 Å². The number of nitrogens with one attached hydrogen (secondary N) is 1. The van der Waals surface area contributed by atoms with Crippen LogP contribution in [0.2, 0.25) is 0 Å². The van der Waals surface area contributed by atoms with Crippen molar-refractivity contribution in [1.29, 1.82) is 0 Å². The number of amides is 1. The van der Waals surface area contributed by atoms with Crippen molar-refractivity contribution in [2.45, 2.75) is 18.7 Å². The molecule has 0 aromatic heterocycles. The van der Waals surface area contributed by atoms with Gasteiger partial charge in [0.1, 0.15) is 5.75 Å². The van der Waals surface area contributed by atoms with Gasteiger partial charge < -0.3 is 15.2 Å². The van der Waals surface area contributed by atoms with E-state index in [0.717, 1.165) is 5.56 Å². The number of carboxylic acid groups (broad SMARTS) is 1. The first kappa shape index (κ1) is 18.9. The number of carboxylic acids is 1. The van der Waals surface area contributed by atoms with Crippen molar-refractivity contribution < 1.29 is 19.4 Å². The van der Waals surface area contributed by atoms with Gasteiger partial charge in [0, 0.05) is 5.75 Å². The molecular formula is C19H21NO4S. The summed E-state index contributed by atoms with van der Waals surface area (Å²) in [4.78, 5) is 23.6. The van der Waals surface area contributed by atoms with Gasteiger partial charge in [-0.25, -0.2) is 4.79 Å². The van der Waals surface area contributed by atoms with Gasteiger partial charge in [0.05, 0.1) is 12.9 Å². The molecule has 1 unspecified atom stereocenters. The van der Waals surface area contributed by atoms with Gasteiger partial charge in [0.2, 0.25) is 5.91 Å². The highest BCUT2D eigenvalue weighted by Gasteiger charge is 2.21.